The molecule has 0 N–H and O–H groups in total. The Hall–Kier alpha value is -8.03. The van der Waals surface area contributed by atoms with Crippen LogP contribution in [-0.2, 0) is 0 Å². The van der Waals surface area contributed by atoms with E-state index in [1.807, 2.05) is 36.4 Å². The average Bonchev–Trinajstić information content (AvgIpc) is 3.81. The van der Waals surface area contributed by atoms with Crippen LogP contribution in [0.3, 0.4) is 0 Å². The highest BCUT2D eigenvalue weighted by molar-refractivity contribution is 6.13. The number of hydrogen-bond donors (Lipinski definition) is 0. The van der Waals surface area contributed by atoms with E-state index in [9.17, 15) is 0 Å². The summed E-state index contributed by atoms with van der Waals surface area (Å²) in [5.41, 5.74) is 9.10. The molecule has 0 radical (unpaired) electrons. The number of benzene rings is 7. The van der Waals surface area contributed by atoms with Gasteiger partial charge in [-0.1, -0.05) is 103 Å². The van der Waals surface area contributed by atoms with Gasteiger partial charge in [0, 0.05) is 39.6 Å². The zero-order valence-electron chi connectivity index (χ0n) is 31.0. The van der Waals surface area contributed by atoms with E-state index >= 15 is 0 Å². The van der Waals surface area contributed by atoms with Crippen LogP contribution in [0.2, 0.25) is 0 Å². The van der Waals surface area contributed by atoms with Gasteiger partial charge in [-0.2, -0.15) is 9.97 Å². The molecular weight excluding hydrogens is 711 g/mol. The number of aromatic nitrogens is 7. The van der Waals surface area contributed by atoms with Crippen LogP contribution >= 0.6 is 0 Å². The van der Waals surface area contributed by atoms with E-state index in [0.29, 0.717) is 29.0 Å². The van der Waals surface area contributed by atoms with Crippen molar-refractivity contribution in [2.75, 3.05) is 0 Å². The third-order valence-corrected chi connectivity index (χ3v) is 11.3. The summed E-state index contributed by atoms with van der Waals surface area (Å²) < 4.78 is 4.53. The topological polar surface area (TPSA) is 74.3 Å². The van der Waals surface area contributed by atoms with Gasteiger partial charge in [0.25, 0.3) is 0 Å². The zero-order chi connectivity index (χ0) is 38.2. The first-order chi connectivity index (χ1) is 28.7. The van der Waals surface area contributed by atoms with Gasteiger partial charge in [-0.25, -0.2) is 4.98 Å². The molecule has 0 atom stereocenters. The van der Waals surface area contributed by atoms with Crippen LogP contribution < -0.4 is 0 Å². The van der Waals surface area contributed by atoms with Crippen molar-refractivity contribution >= 4 is 65.2 Å². The first kappa shape index (κ1) is 32.2. The van der Waals surface area contributed by atoms with Crippen LogP contribution in [0.4, 0.5) is 0 Å². The monoisotopic (exact) mass is 741 g/mol. The lowest BCUT2D eigenvalue weighted by Crippen LogP contribution is -2.07. The number of para-hydroxylation sites is 2. The van der Waals surface area contributed by atoms with Crippen molar-refractivity contribution in [3.8, 4) is 45.8 Å². The number of pyridine rings is 2. The third-order valence-electron chi connectivity index (χ3n) is 11.3. The maximum absolute atomic E-state index is 5.02. The summed E-state index contributed by atoms with van der Waals surface area (Å²) in [5, 5.41) is 9.65. The highest BCUT2D eigenvalue weighted by Gasteiger charge is 2.20. The average molecular weight is 742 g/mol. The van der Waals surface area contributed by atoms with Crippen molar-refractivity contribution in [1.82, 2.24) is 34.1 Å². The quantitative estimate of drug-likeness (QED) is 0.164. The summed E-state index contributed by atoms with van der Waals surface area (Å²) in [5.74, 6) is 1.47. The minimum Gasteiger partial charge on any atom is -0.309 e. The lowest BCUT2D eigenvalue weighted by molar-refractivity contribution is 0.943. The number of fused-ring (bicyclic) bond motifs is 9. The molecule has 5 aromatic heterocycles. The van der Waals surface area contributed by atoms with Crippen molar-refractivity contribution in [3.05, 3.63) is 188 Å². The van der Waals surface area contributed by atoms with Gasteiger partial charge < -0.3 is 4.57 Å². The molecule has 7 aromatic carbocycles. The largest absolute Gasteiger partial charge is 0.309 e. The molecule has 0 saturated carbocycles. The molecule has 0 amide bonds. The van der Waals surface area contributed by atoms with Crippen molar-refractivity contribution in [1.29, 1.82) is 0 Å². The van der Waals surface area contributed by atoms with E-state index in [4.69, 9.17) is 15.0 Å². The molecule has 12 aromatic rings. The van der Waals surface area contributed by atoms with Crippen molar-refractivity contribution in [2.45, 2.75) is 0 Å². The van der Waals surface area contributed by atoms with Gasteiger partial charge in [0.1, 0.15) is 11.4 Å². The maximum Gasteiger partial charge on any atom is 0.238 e. The molecular formula is C51H31N7. The normalized spacial score (nSPS) is 11.8. The van der Waals surface area contributed by atoms with Gasteiger partial charge in [0.2, 0.25) is 5.95 Å². The Morgan fingerprint density at radius 1 is 0.328 bits per heavy atom. The Labute approximate surface area is 332 Å². The molecule has 7 nitrogen and oxygen atoms in total. The van der Waals surface area contributed by atoms with Crippen LogP contribution in [0.25, 0.3) is 111 Å². The second kappa shape index (κ2) is 12.8. The summed E-state index contributed by atoms with van der Waals surface area (Å²) in [7, 11) is 0. The fourth-order valence-electron chi connectivity index (χ4n) is 8.61. The molecule has 0 saturated heterocycles. The highest BCUT2D eigenvalue weighted by atomic mass is 15.2. The summed E-state index contributed by atoms with van der Waals surface area (Å²) in [6, 6.07) is 62.1. The first-order valence-corrected chi connectivity index (χ1v) is 19.3. The van der Waals surface area contributed by atoms with Gasteiger partial charge in [0.05, 0.1) is 22.1 Å². The molecule has 7 heteroatoms. The van der Waals surface area contributed by atoms with Gasteiger partial charge in [-0.05, 0) is 105 Å². The minimum absolute atomic E-state index is 0.485. The van der Waals surface area contributed by atoms with Gasteiger partial charge >= 0.3 is 0 Å². The first-order valence-electron chi connectivity index (χ1n) is 19.3. The molecule has 0 aliphatic rings. The summed E-state index contributed by atoms with van der Waals surface area (Å²) in [6.45, 7) is 0. The Kier molecular flexibility index (Phi) is 7.09. The lowest BCUT2D eigenvalue weighted by Gasteiger charge is -2.11. The highest BCUT2D eigenvalue weighted by Crippen LogP contribution is 2.39. The van der Waals surface area contributed by atoms with Crippen LogP contribution in [0.5, 0.6) is 0 Å². The standard InChI is InChI=1S/C51H31N7/c1-2-12-37-32(11-1)19-20-33-21-24-36(31-40(33)37)57-45-17-5-3-13-38(45)41-29-34(22-25-47(41)57)35-23-26-48-42(30-35)39-14-4-6-18-46(39)58(48)51-55-49(43-15-7-9-27-52-43)54-50(56-51)44-16-8-10-28-53-44/h1-31H. The van der Waals surface area contributed by atoms with Gasteiger partial charge in [0.15, 0.2) is 11.6 Å². The van der Waals surface area contributed by atoms with E-state index in [1.54, 1.807) is 12.4 Å². The molecule has 0 fully saturated rings. The fraction of sp³-hybridized carbons (Fsp3) is 0. The molecule has 0 aliphatic heterocycles. The maximum atomic E-state index is 5.02. The molecule has 0 aliphatic carbocycles. The lowest BCUT2D eigenvalue weighted by atomic mass is 10.0. The Bertz CT molecular complexity index is 3510. The Morgan fingerprint density at radius 2 is 0.828 bits per heavy atom. The number of nitrogens with zero attached hydrogens (tertiary/aromatic N) is 7. The number of hydrogen-bond acceptors (Lipinski definition) is 5. The molecule has 0 bridgehead atoms. The fourth-order valence-corrected chi connectivity index (χ4v) is 8.61. The van der Waals surface area contributed by atoms with Crippen LogP contribution in [-0.4, -0.2) is 34.1 Å². The molecule has 5 heterocycles. The molecule has 12 rings (SSSR count). The molecule has 0 spiro atoms. The van der Waals surface area contributed by atoms with E-state index in [0.717, 1.165) is 38.6 Å². The van der Waals surface area contributed by atoms with Gasteiger partial charge in [-0.3, -0.25) is 14.5 Å². The van der Waals surface area contributed by atoms with Crippen LogP contribution in [0.15, 0.2) is 188 Å². The SMILES string of the molecule is c1ccc(-c2nc(-c3ccccn3)nc(-n3c4ccccc4c4cc(-c5ccc6c(c5)c5ccccc5n6-c5ccc6ccc7ccccc7c6c5)ccc43)n2)nc1. The van der Waals surface area contributed by atoms with Crippen LogP contribution in [0, 0.1) is 0 Å². The smallest absolute Gasteiger partial charge is 0.238 e. The molecule has 270 valence electrons. The van der Waals surface area contributed by atoms with E-state index in [2.05, 4.69) is 159 Å². The second-order valence-corrected chi connectivity index (χ2v) is 14.6. The number of rotatable bonds is 5. The van der Waals surface area contributed by atoms with Crippen molar-refractivity contribution < 1.29 is 0 Å². The predicted molar refractivity (Wildman–Crippen MR) is 235 cm³/mol. The van der Waals surface area contributed by atoms with Crippen molar-refractivity contribution in [3.63, 3.8) is 0 Å². The molecule has 0 unspecified atom stereocenters. The second-order valence-electron chi connectivity index (χ2n) is 14.6. The van der Waals surface area contributed by atoms with Gasteiger partial charge in [-0.15, -0.1) is 0 Å². The zero-order valence-corrected chi connectivity index (χ0v) is 31.0. The van der Waals surface area contributed by atoms with E-state index in [-0.39, 0.29) is 0 Å². The minimum atomic E-state index is 0.485. The van der Waals surface area contributed by atoms with E-state index in [1.165, 1.54) is 43.4 Å². The Balaban J connectivity index is 1.03. The van der Waals surface area contributed by atoms with Crippen molar-refractivity contribution in [2.24, 2.45) is 0 Å². The summed E-state index contributed by atoms with van der Waals surface area (Å²) in [6.07, 6.45) is 3.50. The predicted octanol–water partition coefficient (Wildman–Crippen LogP) is 12.2. The summed E-state index contributed by atoms with van der Waals surface area (Å²) in [4.78, 5) is 24.0. The summed E-state index contributed by atoms with van der Waals surface area (Å²) >= 11 is 0. The third kappa shape index (κ3) is 5.04. The molecule has 58 heavy (non-hydrogen) atoms. The van der Waals surface area contributed by atoms with E-state index < -0.39 is 0 Å². The Morgan fingerprint density at radius 3 is 1.45 bits per heavy atom. The van der Waals surface area contributed by atoms with Crippen LogP contribution in [0.1, 0.15) is 0 Å².